The molecule has 5 heteroatoms. The van der Waals surface area contributed by atoms with Gasteiger partial charge in [0.2, 0.25) is 0 Å². The lowest BCUT2D eigenvalue weighted by Gasteiger charge is -2.21. The molecular weight excluding hydrogens is 377 g/mol. The second kappa shape index (κ2) is 6.36. The summed E-state index contributed by atoms with van der Waals surface area (Å²) in [5.41, 5.74) is 1.23. The van der Waals surface area contributed by atoms with Gasteiger partial charge in [-0.25, -0.2) is 0 Å². The fraction of sp³-hybridized carbons (Fsp3) is 0.0714. The van der Waals surface area contributed by atoms with Gasteiger partial charge in [0.05, 0.1) is 12.8 Å². The molecule has 2 aromatic carbocycles. The first-order valence-electron chi connectivity index (χ1n) is 5.52. The topological polar surface area (TPSA) is 29.5 Å². The summed E-state index contributed by atoms with van der Waals surface area (Å²) in [5, 5.41) is 1.88. The van der Waals surface area contributed by atoms with E-state index in [1.54, 1.807) is 30.3 Å². The summed E-state index contributed by atoms with van der Waals surface area (Å²) in [6.07, 6.45) is 0. The number of carbonyl (C=O) groups is 1. The van der Waals surface area contributed by atoms with Gasteiger partial charge in [0.15, 0.2) is 0 Å². The van der Waals surface area contributed by atoms with Crippen LogP contribution in [0.1, 0.15) is 10.4 Å². The van der Waals surface area contributed by atoms with Crippen molar-refractivity contribution >= 4 is 45.8 Å². The SMILES string of the molecule is CON(C(=O)c1ccccc1)c1ccc(Cl)cc1I. The van der Waals surface area contributed by atoms with E-state index in [9.17, 15) is 4.79 Å². The van der Waals surface area contributed by atoms with Crippen LogP contribution in [-0.4, -0.2) is 13.0 Å². The maximum atomic E-state index is 12.4. The van der Waals surface area contributed by atoms with Crippen LogP contribution in [0.2, 0.25) is 5.02 Å². The minimum absolute atomic E-state index is 0.219. The number of amides is 1. The predicted molar refractivity (Wildman–Crippen MR) is 84.4 cm³/mol. The first-order chi connectivity index (χ1) is 9.13. The lowest BCUT2D eigenvalue weighted by Crippen LogP contribution is -2.30. The van der Waals surface area contributed by atoms with Crippen LogP contribution in [0.4, 0.5) is 5.69 Å². The summed E-state index contributed by atoms with van der Waals surface area (Å²) in [5.74, 6) is -0.219. The standard InChI is InChI=1S/C14H11ClINO2/c1-19-17(13-8-7-11(15)9-12(13)16)14(18)10-5-3-2-4-6-10/h2-9H,1H3. The van der Waals surface area contributed by atoms with E-state index >= 15 is 0 Å². The van der Waals surface area contributed by atoms with Gasteiger partial charge in [-0.2, -0.15) is 5.06 Å². The lowest BCUT2D eigenvalue weighted by atomic mass is 10.2. The number of halogens is 2. The molecular formula is C14H11ClINO2. The minimum atomic E-state index is -0.219. The highest BCUT2D eigenvalue weighted by atomic mass is 127. The second-order valence-corrected chi connectivity index (χ2v) is 5.34. The van der Waals surface area contributed by atoms with Crippen LogP contribution in [0.15, 0.2) is 48.5 Å². The van der Waals surface area contributed by atoms with E-state index in [0.717, 1.165) is 3.57 Å². The number of anilines is 1. The molecule has 0 aliphatic carbocycles. The van der Waals surface area contributed by atoms with Crippen LogP contribution in [0.5, 0.6) is 0 Å². The van der Waals surface area contributed by atoms with E-state index in [0.29, 0.717) is 16.3 Å². The molecule has 98 valence electrons. The van der Waals surface area contributed by atoms with Gasteiger partial charge >= 0.3 is 0 Å². The minimum Gasteiger partial charge on any atom is -0.269 e. The average molecular weight is 388 g/mol. The number of carbonyl (C=O) groups excluding carboxylic acids is 1. The molecule has 0 saturated heterocycles. The Morgan fingerprint density at radius 1 is 1.21 bits per heavy atom. The zero-order valence-corrected chi connectivity index (χ0v) is 13.1. The molecule has 2 aromatic rings. The molecule has 1 amide bonds. The largest absolute Gasteiger partial charge is 0.282 e. The molecule has 2 rings (SSSR count). The fourth-order valence-electron chi connectivity index (χ4n) is 1.63. The predicted octanol–water partition coefficient (Wildman–Crippen LogP) is 4.15. The van der Waals surface area contributed by atoms with Crippen molar-refractivity contribution in [3.63, 3.8) is 0 Å². The van der Waals surface area contributed by atoms with Crippen molar-refractivity contribution in [3.05, 3.63) is 62.7 Å². The first kappa shape index (κ1) is 14.3. The van der Waals surface area contributed by atoms with Crippen LogP contribution >= 0.6 is 34.2 Å². The van der Waals surface area contributed by atoms with E-state index in [-0.39, 0.29) is 5.91 Å². The Morgan fingerprint density at radius 2 is 1.89 bits per heavy atom. The Morgan fingerprint density at radius 3 is 2.47 bits per heavy atom. The highest BCUT2D eigenvalue weighted by Crippen LogP contribution is 2.27. The lowest BCUT2D eigenvalue weighted by molar-refractivity contribution is 0.0772. The molecule has 3 nitrogen and oxygen atoms in total. The smallest absolute Gasteiger partial charge is 0.269 e. The maximum absolute atomic E-state index is 12.4. The number of hydrogen-bond donors (Lipinski definition) is 0. The molecule has 0 atom stereocenters. The quantitative estimate of drug-likeness (QED) is 0.585. The average Bonchev–Trinajstić information content (AvgIpc) is 2.42. The number of rotatable bonds is 3. The third-order valence-corrected chi connectivity index (χ3v) is 3.62. The molecule has 0 radical (unpaired) electrons. The molecule has 0 unspecified atom stereocenters. The molecule has 0 heterocycles. The van der Waals surface area contributed by atoms with Crippen molar-refractivity contribution in [2.24, 2.45) is 0 Å². The van der Waals surface area contributed by atoms with Gasteiger partial charge in [-0.15, -0.1) is 0 Å². The van der Waals surface area contributed by atoms with Gasteiger partial charge in [0.1, 0.15) is 0 Å². The van der Waals surface area contributed by atoms with Crippen LogP contribution < -0.4 is 5.06 Å². The third-order valence-electron chi connectivity index (χ3n) is 2.52. The molecule has 0 spiro atoms. The number of hydrogen-bond acceptors (Lipinski definition) is 2. The Bertz CT molecular complexity index is 589. The number of hydroxylamine groups is 1. The maximum Gasteiger partial charge on any atom is 0.282 e. The highest BCUT2D eigenvalue weighted by Gasteiger charge is 2.19. The van der Waals surface area contributed by atoms with E-state index < -0.39 is 0 Å². The summed E-state index contributed by atoms with van der Waals surface area (Å²) in [7, 11) is 1.46. The normalized spacial score (nSPS) is 10.3. The molecule has 0 N–H and O–H groups in total. The Labute approximate surface area is 130 Å². The Kier molecular flexibility index (Phi) is 4.79. The molecule has 0 bridgehead atoms. The van der Waals surface area contributed by atoms with Crippen LogP contribution in [0.25, 0.3) is 0 Å². The van der Waals surface area contributed by atoms with Gasteiger partial charge < -0.3 is 0 Å². The van der Waals surface area contributed by atoms with Crippen molar-refractivity contribution in [2.75, 3.05) is 12.2 Å². The third kappa shape index (κ3) is 3.26. The van der Waals surface area contributed by atoms with Gasteiger partial charge in [-0.3, -0.25) is 9.63 Å². The zero-order valence-electron chi connectivity index (χ0n) is 10.1. The van der Waals surface area contributed by atoms with Gasteiger partial charge in [0, 0.05) is 14.2 Å². The molecule has 0 aliphatic heterocycles. The van der Waals surface area contributed by atoms with E-state index in [1.165, 1.54) is 12.2 Å². The summed E-state index contributed by atoms with van der Waals surface area (Å²) in [4.78, 5) is 17.6. The monoisotopic (exact) mass is 387 g/mol. The van der Waals surface area contributed by atoms with E-state index in [1.807, 2.05) is 18.2 Å². The van der Waals surface area contributed by atoms with Crippen LogP contribution in [0.3, 0.4) is 0 Å². The van der Waals surface area contributed by atoms with Crippen molar-refractivity contribution in [2.45, 2.75) is 0 Å². The molecule has 0 fully saturated rings. The summed E-state index contributed by atoms with van der Waals surface area (Å²) in [6, 6.07) is 14.2. The van der Waals surface area contributed by atoms with Crippen molar-refractivity contribution in [1.82, 2.24) is 0 Å². The van der Waals surface area contributed by atoms with Crippen LogP contribution in [0, 0.1) is 3.57 Å². The zero-order chi connectivity index (χ0) is 13.8. The number of nitrogens with zero attached hydrogens (tertiary/aromatic N) is 1. The molecule has 0 aromatic heterocycles. The van der Waals surface area contributed by atoms with Crippen molar-refractivity contribution in [3.8, 4) is 0 Å². The summed E-state index contributed by atoms with van der Waals surface area (Å²) < 4.78 is 0.844. The molecule has 0 aliphatic rings. The van der Waals surface area contributed by atoms with Crippen LogP contribution in [-0.2, 0) is 4.84 Å². The molecule has 0 saturated carbocycles. The Balaban J connectivity index is 2.37. The van der Waals surface area contributed by atoms with Gasteiger partial charge in [0.25, 0.3) is 5.91 Å². The summed E-state index contributed by atoms with van der Waals surface area (Å²) in [6.45, 7) is 0. The highest BCUT2D eigenvalue weighted by molar-refractivity contribution is 14.1. The van der Waals surface area contributed by atoms with Gasteiger partial charge in [-0.1, -0.05) is 29.8 Å². The second-order valence-electron chi connectivity index (χ2n) is 3.74. The fourth-order valence-corrected chi connectivity index (χ4v) is 2.73. The molecule has 19 heavy (non-hydrogen) atoms. The Hall–Kier alpha value is -1.11. The van der Waals surface area contributed by atoms with Crippen molar-refractivity contribution in [1.29, 1.82) is 0 Å². The van der Waals surface area contributed by atoms with E-state index in [2.05, 4.69) is 22.6 Å². The number of benzene rings is 2. The van der Waals surface area contributed by atoms with Gasteiger partial charge in [-0.05, 0) is 52.9 Å². The first-order valence-corrected chi connectivity index (χ1v) is 6.98. The van der Waals surface area contributed by atoms with E-state index in [4.69, 9.17) is 16.4 Å². The van der Waals surface area contributed by atoms with Crippen molar-refractivity contribution < 1.29 is 9.63 Å². The summed E-state index contributed by atoms with van der Waals surface area (Å²) >= 11 is 8.03.